The first kappa shape index (κ1) is 13.5. The number of rotatable bonds is 7. The van der Waals surface area contributed by atoms with Crippen LogP contribution < -0.4 is 11.1 Å². The summed E-state index contributed by atoms with van der Waals surface area (Å²) in [6.07, 6.45) is 5.49. The summed E-state index contributed by atoms with van der Waals surface area (Å²) < 4.78 is 0. The number of aromatic nitrogens is 2. The maximum absolute atomic E-state index is 11.7. The van der Waals surface area contributed by atoms with E-state index in [2.05, 4.69) is 15.3 Å². The van der Waals surface area contributed by atoms with Crippen LogP contribution in [0.3, 0.4) is 0 Å². The number of hydrogen-bond donors (Lipinski definition) is 4. The van der Waals surface area contributed by atoms with Crippen molar-refractivity contribution in [1.29, 1.82) is 0 Å². The molecular formula is C12H18N4O3. The first-order chi connectivity index (χ1) is 9.06. The van der Waals surface area contributed by atoms with Crippen LogP contribution in [0.5, 0.6) is 0 Å². The molecule has 2 atom stereocenters. The molecule has 1 fully saturated rings. The zero-order chi connectivity index (χ0) is 13.8. The van der Waals surface area contributed by atoms with Crippen molar-refractivity contribution in [1.82, 2.24) is 15.3 Å². The third-order valence-electron chi connectivity index (χ3n) is 3.26. The maximum atomic E-state index is 11.7. The van der Waals surface area contributed by atoms with Crippen molar-refractivity contribution in [2.75, 3.05) is 0 Å². The number of H-pyrrole nitrogens is 1. The minimum absolute atomic E-state index is 0.165. The van der Waals surface area contributed by atoms with Crippen molar-refractivity contribution in [2.45, 2.75) is 37.8 Å². The highest BCUT2D eigenvalue weighted by Gasteiger charge is 2.30. The van der Waals surface area contributed by atoms with E-state index in [1.165, 1.54) is 12.5 Å². The summed E-state index contributed by atoms with van der Waals surface area (Å²) in [6, 6.07) is -1.12. The first-order valence-electron chi connectivity index (χ1n) is 6.31. The van der Waals surface area contributed by atoms with E-state index in [-0.39, 0.29) is 24.8 Å². The SMILES string of the molecule is NC(CC(=O)NC(Cc1cnc[nH]1)C(=O)O)C1CC1. The van der Waals surface area contributed by atoms with E-state index in [0.29, 0.717) is 11.6 Å². The normalized spacial score (nSPS) is 17.7. The average molecular weight is 266 g/mol. The molecule has 1 saturated carbocycles. The van der Waals surface area contributed by atoms with Gasteiger partial charge in [-0.2, -0.15) is 0 Å². The Kier molecular flexibility index (Phi) is 4.16. The quantitative estimate of drug-likeness (QED) is 0.537. The monoisotopic (exact) mass is 266 g/mol. The van der Waals surface area contributed by atoms with Gasteiger partial charge in [0.15, 0.2) is 0 Å². The second-order valence-corrected chi connectivity index (χ2v) is 4.94. The molecule has 1 amide bonds. The minimum atomic E-state index is -1.07. The van der Waals surface area contributed by atoms with Gasteiger partial charge in [0.25, 0.3) is 0 Å². The number of carboxylic acids is 1. The highest BCUT2D eigenvalue weighted by molar-refractivity contribution is 5.84. The van der Waals surface area contributed by atoms with Crippen LogP contribution in [0.15, 0.2) is 12.5 Å². The van der Waals surface area contributed by atoms with Crippen LogP contribution in [0.4, 0.5) is 0 Å². The summed E-state index contributed by atoms with van der Waals surface area (Å²) in [5.41, 5.74) is 6.51. The molecule has 2 rings (SSSR count). The summed E-state index contributed by atoms with van der Waals surface area (Å²) in [5.74, 6) is -0.962. The lowest BCUT2D eigenvalue weighted by molar-refractivity contribution is -0.141. The number of carboxylic acid groups (broad SMARTS) is 1. The molecule has 0 saturated heterocycles. The first-order valence-corrected chi connectivity index (χ1v) is 6.31. The number of hydrogen-bond acceptors (Lipinski definition) is 4. The lowest BCUT2D eigenvalue weighted by atomic mass is 10.1. The summed E-state index contributed by atoms with van der Waals surface area (Å²) in [6.45, 7) is 0. The number of carbonyl (C=O) groups excluding carboxylic acids is 1. The molecule has 0 radical (unpaired) electrons. The van der Waals surface area contributed by atoms with E-state index in [1.807, 2.05) is 0 Å². The molecule has 19 heavy (non-hydrogen) atoms. The molecule has 7 nitrogen and oxygen atoms in total. The molecule has 104 valence electrons. The van der Waals surface area contributed by atoms with Crippen LogP contribution in [0.2, 0.25) is 0 Å². The Morgan fingerprint density at radius 1 is 1.58 bits per heavy atom. The fourth-order valence-corrected chi connectivity index (χ4v) is 1.97. The molecule has 1 heterocycles. The van der Waals surface area contributed by atoms with E-state index in [4.69, 9.17) is 10.8 Å². The second kappa shape index (κ2) is 5.83. The van der Waals surface area contributed by atoms with Crippen LogP contribution in [0, 0.1) is 5.92 Å². The Morgan fingerprint density at radius 2 is 2.32 bits per heavy atom. The molecule has 5 N–H and O–H groups in total. The lowest BCUT2D eigenvalue weighted by Crippen LogP contribution is -2.44. The van der Waals surface area contributed by atoms with Gasteiger partial charge in [-0.05, 0) is 18.8 Å². The fraction of sp³-hybridized carbons (Fsp3) is 0.583. The number of nitrogens with two attached hydrogens (primary N) is 1. The zero-order valence-corrected chi connectivity index (χ0v) is 10.5. The van der Waals surface area contributed by atoms with Gasteiger partial charge in [0.1, 0.15) is 6.04 Å². The van der Waals surface area contributed by atoms with Crippen molar-refractivity contribution in [3.05, 3.63) is 18.2 Å². The van der Waals surface area contributed by atoms with Gasteiger partial charge in [-0.3, -0.25) is 4.79 Å². The molecule has 0 bridgehead atoms. The van der Waals surface area contributed by atoms with E-state index in [9.17, 15) is 9.59 Å². The van der Waals surface area contributed by atoms with Crippen LogP contribution in [0.25, 0.3) is 0 Å². The summed E-state index contributed by atoms with van der Waals surface area (Å²) in [7, 11) is 0. The van der Waals surface area contributed by atoms with Crippen LogP contribution in [-0.2, 0) is 16.0 Å². The van der Waals surface area contributed by atoms with Crippen molar-refractivity contribution in [3.8, 4) is 0 Å². The van der Waals surface area contributed by atoms with Gasteiger partial charge in [0.2, 0.25) is 5.91 Å². The van der Waals surface area contributed by atoms with E-state index in [1.54, 1.807) is 0 Å². The molecule has 1 aromatic heterocycles. The number of amides is 1. The fourth-order valence-electron chi connectivity index (χ4n) is 1.97. The molecule has 0 aliphatic heterocycles. The van der Waals surface area contributed by atoms with Gasteiger partial charge in [0, 0.05) is 30.8 Å². The van der Waals surface area contributed by atoms with E-state index >= 15 is 0 Å². The molecule has 1 aliphatic rings. The summed E-state index contributed by atoms with van der Waals surface area (Å²) >= 11 is 0. The number of imidazole rings is 1. The van der Waals surface area contributed by atoms with Crippen LogP contribution in [-0.4, -0.2) is 39.0 Å². The Hall–Kier alpha value is -1.89. The highest BCUT2D eigenvalue weighted by Crippen LogP contribution is 2.32. The average Bonchev–Trinajstić information content (AvgIpc) is 3.07. The minimum Gasteiger partial charge on any atom is -0.480 e. The predicted molar refractivity (Wildman–Crippen MR) is 67.2 cm³/mol. The standard InChI is InChI=1S/C12H18N4O3/c13-9(7-1-2-7)4-11(17)16-10(12(18)19)3-8-5-14-6-15-8/h5-7,9-10H,1-4,13H2,(H,14,15)(H,16,17)(H,18,19). The van der Waals surface area contributed by atoms with Gasteiger partial charge in [0.05, 0.1) is 6.33 Å². The van der Waals surface area contributed by atoms with Crippen LogP contribution in [0.1, 0.15) is 25.0 Å². The van der Waals surface area contributed by atoms with Crippen LogP contribution >= 0.6 is 0 Å². The molecule has 2 unspecified atom stereocenters. The second-order valence-electron chi connectivity index (χ2n) is 4.94. The Labute approximate surface area is 110 Å². The zero-order valence-electron chi connectivity index (χ0n) is 10.5. The summed E-state index contributed by atoms with van der Waals surface area (Å²) in [5, 5.41) is 11.6. The van der Waals surface area contributed by atoms with E-state index < -0.39 is 12.0 Å². The van der Waals surface area contributed by atoms with Gasteiger partial charge in [-0.1, -0.05) is 0 Å². The summed E-state index contributed by atoms with van der Waals surface area (Å²) in [4.78, 5) is 29.5. The number of nitrogens with zero attached hydrogens (tertiary/aromatic N) is 1. The van der Waals surface area contributed by atoms with Crippen molar-refractivity contribution < 1.29 is 14.7 Å². The van der Waals surface area contributed by atoms with Gasteiger partial charge in [-0.15, -0.1) is 0 Å². The Morgan fingerprint density at radius 3 is 2.84 bits per heavy atom. The molecule has 0 spiro atoms. The highest BCUT2D eigenvalue weighted by atomic mass is 16.4. The smallest absolute Gasteiger partial charge is 0.326 e. The van der Waals surface area contributed by atoms with Gasteiger partial charge >= 0.3 is 5.97 Å². The molecule has 0 aromatic carbocycles. The number of carbonyl (C=O) groups is 2. The van der Waals surface area contributed by atoms with Crippen molar-refractivity contribution in [2.24, 2.45) is 11.7 Å². The lowest BCUT2D eigenvalue weighted by Gasteiger charge is -2.15. The van der Waals surface area contributed by atoms with E-state index in [0.717, 1.165) is 12.8 Å². The van der Waals surface area contributed by atoms with Crippen molar-refractivity contribution in [3.63, 3.8) is 0 Å². The molecular weight excluding hydrogens is 248 g/mol. The Bertz CT molecular complexity index is 442. The predicted octanol–water partition coefficient (Wildman–Crippen LogP) is -0.351. The third kappa shape index (κ3) is 4.06. The Balaban J connectivity index is 1.85. The molecule has 1 aromatic rings. The van der Waals surface area contributed by atoms with Gasteiger partial charge < -0.3 is 21.1 Å². The molecule has 1 aliphatic carbocycles. The number of aromatic amines is 1. The largest absolute Gasteiger partial charge is 0.480 e. The maximum Gasteiger partial charge on any atom is 0.326 e. The van der Waals surface area contributed by atoms with Gasteiger partial charge in [-0.25, -0.2) is 9.78 Å². The topological polar surface area (TPSA) is 121 Å². The molecule has 7 heteroatoms. The number of nitrogens with one attached hydrogen (secondary N) is 2. The van der Waals surface area contributed by atoms with Crippen molar-refractivity contribution >= 4 is 11.9 Å². The third-order valence-corrected chi connectivity index (χ3v) is 3.26. The number of aliphatic carboxylic acids is 1.